The normalized spacial score (nSPS) is 14.2. The fraction of sp³-hybridized carbons (Fsp3) is 0.176. The van der Waals surface area contributed by atoms with E-state index in [9.17, 15) is 13.6 Å². The molecule has 3 aromatic rings. The highest BCUT2D eigenvalue weighted by Gasteiger charge is 2.43. The van der Waals surface area contributed by atoms with E-state index in [1.165, 1.54) is 29.2 Å². The molecule has 0 aliphatic carbocycles. The van der Waals surface area contributed by atoms with Crippen molar-refractivity contribution in [2.75, 3.05) is 5.32 Å². The third-order valence-corrected chi connectivity index (χ3v) is 4.21. The minimum absolute atomic E-state index is 0.136. The maximum Gasteiger partial charge on any atom is 0.586 e. The molecule has 1 aromatic carbocycles. The molecule has 1 amide bonds. The number of fused-ring (bicyclic) bond motifs is 1. The van der Waals surface area contributed by atoms with Crippen molar-refractivity contribution >= 4 is 23.3 Å². The van der Waals surface area contributed by atoms with E-state index >= 15 is 0 Å². The average Bonchev–Trinajstić information content (AvgIpc) is 3.11. The zero-order valence-electron chi connectivity index (χ0n) is 14.5. The van der Waals surface area contributed by atoms with Crippen LogP contribution in [0.4, 0.5) is 14.6 Å². The molecular weight excluding hydrogens is 396 g/mol. The fourth-order valence-corrected chi connectivity index (χ4v) is 2.95. The summed E-state index contributed by atoms with van der Waals surface area (Å²) in [6.07, 6.45) is -1.06. The van der Waals surface area contributed by atoms with Crippen molar-refractivity contribution < 1.29 is 23.0 Å². The molecule has 0 saturated heterocycles. The Morgan fingerprint density at radius 1 is 1.18 bits per heavy atom. The number of nitrogens with zero attached hydrogens (tertiary/aromatic N) is 4. The van der Waals surface area contributed by atoms with Crippen molar-refractivity contribution in [3.63, 3.8) is 0 Å². The number of carbonyl (C=O) groups is 1. The predicted molar refractivity (Wildman–Crippen MR) is 94.6 cm³/mol. The summed E-state index contributed by atoms with van der Waals surface area (Å²) in [4.78, 5) is 20.6. The van der Waals surface area contributed by atoms with Crippen LogP contribution < -0.4 is 14.8 Å². The Morgan fingerprint density at radius 2 is 1.89 bits per heavy atom. The van der Waals surface area contributed by atoms with Crippen LogP contribution in [0.5, 0.6) is 11.5 Å². The first-order valence-electron chi connectivity index (χ1n) is 7.96. The van der Waals surface area contributed by atoms with Crippen molar-refractivity contribution in [2.24, 2.45) is 7.05 Å². The van der Waals surface area contributed by atoms with Gasteiger partial charge in [0, 0.05) is 18.7 Å². The van der Waals surface area contributed by atoms with Crippen LogP contribution in [0.1, 0.15) is 16.2 Å². The van der Waals surface area contributed by atoms with Crippen molar-refractivity contribution in [1.82, 2.24) is 19.7 Å². The Labute approximate surface area is 162 Å². The molecule has 3 heterocycles. The molecule has 0 radical (unpaired) electrons. The maximum atomic E-state index is 13.2. The maximum absolute atomic E-state index is 13.2. The van der Waals surface area contributed by atoms with E-state index in [0.29, 0.717) is 22.6 Å². The van der Waals surface area contributed by atoms with Gasteiger partial charge in [0.25, 0.3) is 5.91 Å². The molecule has 1 aliphatic rings. The third kappa shape index (κ3) is 3.33. The first kappa shape index (κ1) is 18.1. The number of aromatic nitrogens is 4. The molecule has 2 aromatic heterocycles. The lowest BCUT2D eigenvalue weighted by Gasteiger charge is -2.07. The first-order chi connectivity index (χ1) is 13.2. The van der Waals surface area contributed by atoms with E-state index in [1.54, 1.807) is 20.0 Å². The van der Waals surface area contributed by atoms with Gasteiger partial charge in [-0.15, -0.1) is 8.78 Å². The van der Waals surface area contributed by atoms with Crippen LogP contribution in [-0.4, -0.2) is 32.0 Å². The van der Waals surface area contributed by atoms with Gasteiger partial charge in [0.05, 0.1) is 28.8 Å². The molecule has 4 rings (SSSR count). The third-order valence-electron chi connectivity index (χ3n) is 3.89. The number of ether oxygens (including phenoxy) is 2. The standard InChI is InChI=1S/C17H12ClF2N5O3/c1-8-3-12(25(2)24-8)16(26)23-15-7-21-11(6-22-15)9-4-13-14(5-10(9)18)28-17(19,20)27-13/h3-7H,1-2H3,(H,22,23,26). The Bertz CT molecular complexity index is 1090. The number of amides is 1. The molecule has 144 valence electrons. The second kappa shape index (κ2) is 6.41. The van der Waals surface area contributed by atoms with E-state index in [2.05, 4.69) is 29.9 Å². The molecular formula is C17H12ClF2N5O3. The second-order valence-electron chi connectivity index (χ2n) is 5.98. The van der Waals surface area contributed by atoms with Crippen molar-refractivity contribution in [1.29, 1.82) is 0 Å². The van der Waals surface area contributed by atoms with E-state index in [-0.39, 0.29) is 22.3 Å². The first-order valence-corrected chi connectivity index (χ1v) is 8.33. The van der Waals surface area contributed by atoms with Gasteiger partial charge in [-0.1, -0.05) is 11.6 Å². The number of hydrogen-bond acceptors (Lipinski definition) is 6. The van der Waals surface area contributed by atoms with Crippen LogP contribution in [0, 0.1) is 6.92 Å². The number of anilines is 1. The highest BCUT2D eigenvalue weighted by atomic mass is 35.5. The summed E-state index contributed by atoms with van der Waals surface area (Å²) < 4.78 is 36.6. The fourth-order valence-electron chi connectivity index (χ4n) is 2.70. The van der Waals surface area contributed by atoms with Crippen LogP contribution in [0.25, 0.3) is 11.3 Å². The molecule has 0 saturated carbocycles. The van der Waals surface area contributed by atoms with Gasteiger partial charge in [-0.05, 0) is 19.1 Å². The van der Waals surface area contributed by atoms with E-state index in [4.69, 9.17) is 11.6 Å². The van der Waals surface area contributed by atoms with E-state index in [0.717, 1.165) is 0 Å². The number of hydrogen-bond donors (Lipinski definition) is 1. The van der Waals surface area contributed by atoms with E-state index in [1.807, 2.05) is 0 Å². The smallest absolute Gasteiger partial charge is 0.395 e. The van der Waals surface area contributed by atoms with Crippen LogP contribution in [0.15, 0.2) is 30.6 Å². The molecule has 1 N–H and O–H groups in total. The molecule has 11 heteroatoms. The molecule has 0 fully saturated rings. The summed E-state index contributed by atoms with van der Waals surface area (Å²) >= 11 is 6.13. The number of rotatable bonds is 3. The Hall–Kier alpha value is -3.27. The van der Waals surface area contributed by atoms with Gasteiger partial charge in [-0.25, -0.2) is 4.98 Å². The lowest BCUT2D eigenvalue weighted by molar-refractivity contribution is -0.286. The SMILES string of the molecule is Cc1cc(C(=O)Nc2cnc(-c3cc4c(cc3Cl)OC(F)(F)O4)cn2)n(C)n1. The topological polar surface area (TPSA) is 91.2 Å². The van der Waals surface area contributed by atoms with Gasteiger partial charge in [-0.3, -0.25) is 14.5 Å². The van der Waals surface area contributed by atoms with Gasteiger partial charge >= 0.3 is 6.29 Å². The van der Waals surface area contributed by atoms with E-state index < -0.39 is 12.2 Å². The van der Waals surface area contributed by atoms with Crippen molar-refractivity contribution in [3.05, 3.63) is 47.0 Å². The summed E-state index contributed by atoms with van der Waals surface area (Å²) in [6, 6.07) is 4.15. The minimum atomic E-state index is -3.74. The van der Waals surface area contributed by atoms with Crippen LogP contribution >= 0.6 is 11.6 Å². The van der Waals surface area contributed by atoms with Gasteiger partial charge in [0.2, 0.25) is 0 Å². The Balaban J connectivity index is 1.56. The number of aryl methyl sites for hydroxylation is 2. The lowest BCUT2D eigenvalue weighted by Crippen LogP contribution is -2.25. The minimum Gasteiger partial charge on any atom is -0.395 e. The molecule has 0 bridgehead atoms. The lowest BCUT2D eigenvalue weighted by atomic mass is 10.1. The van der Waals surface area contributed by atoms with Crippen LogP contribution in [0.2, 0.25) is 5.02 Å². The molecule has 28 heavy (non-hydrogen) atoms. The Morgan fingerprint density at radius 3 is 2.50 bits per heavy atom. The average molecular weight is 408 g/mol. The highest BCUT2D eigenvalue weighted by Crippen LogP contribution is 2.45. The highest BCUT2D eigenvalue weighted by molar-refractivity contribution is 6.33. The number of nitrogens with one attached hydrogen (secondary N) is 1. The second-order valence-corrected chi connectivity index (χ2v) is 6.39. The van der Waals surface area contributed by atoms with Gasteiger partial charge in [0.1, 0.15) is 5.69 Å². The number of benzene rings is 1. The summed E-state index contributed by atoms with van der Waals surface area (Å²) in [5.74, 6) is -0.512. The molecule has 0 spiro atoms. The van der Waals surface area contributed by atoms with Gasteiger partial charge < -0.3 is 14.8 Å². The predicted octanol–water partition coefficient (Wildman–Crippen LogP) is 3.41. The Kier molecular flexibility index (Phi) is 4.15. The molecule has 0 atom stereocenters. The number of halogens is 3. The van der Waals surface area contributed by atoms with Gasteiger partial charge in [0.15, 0.2) is 17.3 Å². The summed E-state index contributed by atoms with van der Waals surface area (Å²) in [5, 5.41) is 6.85. The number of alkyl halides is 2. The summed E-state index contributed by atoms with van der Waals surface area (Å²) in [6.45, 7) is 1.77. The van der Waals surface area contributed by atoms with Gasteiger partial charge in [-0.2, -0.15) is 5.10 Å². The molecule has 1 aliphatic heterocycles. The molecule has 8 nitrogen and oxygen atoms in total. The molecule has 0 unspecified atom stereocenters. The van der Waals surface area contributed by atoms with Crippen LogP contribution in [-0.2, 0) is 7.05 Å². The number of carbonyl (C=O) groups excluding carboxylic acids is 1. The summed E-state index contributed by atoms with van der Waals surface area (Å²) in [7, 11) is 1.65. The zero-order chi connectivity index (χ0) is 20.1. The quantitative estimate of drug-likeness (QED) is 0.715. The van der Waals surface area contributed by atoms with Crippen molar-refractivity contribution in [3.8, 4) is 22.8 Å². The van der Waals surface area contributed by atoms with Crippen LogP contribution in [0.3, 0.4) is 0 Å². The summed E-state index contributed by atoms with van der Waals surface area (Å²) in [5.41, 5.74) is 1.70. The van der Waals surface area contributed by atoms with Crippen molar-refractivity contribution in [2.45, 2.75) is 13.2 Å². The largest absolute Gasteiger partial charge is 0.586 e. The zero-order valence-corrected chi connectivity index (χ0v) is 15.3. The monoisotopic (exact) mass is 407 g/mol.